The number of ether oxygens (including phenoxy) is 10. The molecule has 0 saturated carbocycles. The molecule has 0 unspecified atom stereocenters. The smallest absolute Gasteiger partial charge is 0.305 e. The van der Waals surface area contributed by atoms with E-state index in [1.165, 1.54) is 32.1 Å². The molecule has 0 radical (unpaired) electrons. The molecular formula is C30H60O12. The summed E-state index contributed by atoms with van der Waals surface area (Å²) in [4.78, 5) is 11.7. The minimum atomic E-state index is -0.141. The summed E-state index contributed by atoms with van der Waals surface area (Å²) >= 11 is 0. The number of hydrogen-bond donors (Lipinski definition) is 1. The fraction of sp³-hybridized carbons (Fsp3) is 0.967. The SMILES string of the molecule is CCCCCCCCCC(=O)OCCOCCOCCOCCOCCOCCOCCOCCOCCOCCO. The largest absolute Gasteiger partial charge is 0.463 e. The van der Waals surface area contributed by atoms with Crippen LogP contribution in [0.3, 0.4) is 0 Å². The van der Waals surface area contributed by atoms with Gasteiger partial charge in [0.25, 0.3) is 0 Å². The fourth-order valence-electron chi connectivity index (χ4n) is 3.44. The van der Waals surface area contributed by atoms with E-state index in [0.29, 0.717) is 125 Å². The lowest BCUT2D eigenvalue weighted by Gasteiger charge is -2.09. The van der Waals surface area contributed by atoms with Gasteiger partial charge in [-0.05, 0) is 6.42 Å². The normalized spacial score (nSPS) is 11.4. The number of unbranched alkanes of at least 4 members (excludes halogenated alkanes) is 6. The van der Waals surface area contributed by atoms with Gasteiger partial charge < -0.3 is 52.5 Å². The van der Waals surface area contributed by atoms with Gasteiger partial charge in [-0.2, -0.15) is 0 Å². The molecule has 12 heteroatoms. The third kappa shape index (κ3) is 37.1. The molecule has 0 aliphatic rings. The molecule has 1 N–H and O–H groups in total. The van der Waals surface area contributed by atoms with E-state index in [9.17, 15) is 4.79 Å². The average molecular weight is 613 g/mol. The average Bonchev–Trinajstić information content (AvgIpc) is 2.99. The van der Waals surface area contributed by atoms with Crippen molar-refractivity contribution in [3.63, 3.8) is 0 Å². The van der Waals surface area contributed by atoms with E-state index in [0.717, 1.165) is 12.8 Å². The summed E-state index contributed by atoms with van der Waals surface area (Å²) in [5.41, 5.74) is 0. The molecule has 0 bridgehead atoms. The molecule has 0 aliphatic carbocycles. The van der Waals surface area contributed by atoms with Crippen molar-refractivity contribution in [1.29, 1.82) is 0 Å². The van der Waals surface area contributed by atoms with Crippen molar-refractivity contribution < 1.29 is 57.3 Å². The zero-order valence-electron chi connectivity index (χ0n) is 26.2. The zero-order valence-corrected chi connectivity index (χ0v) is 26.2. The molecule has 0 heterocycles. The predicted octanol–water partition coefficient (Wildman–Crippen LogP) is 2.81. The Morgan fingerprint density at radius 3 is 1.02 bits per heavy atom. The molecule has 0 spiro atoms. The number of esters is 1. The van der Waals surface area contributed by atoms with Crippen LogP contribution in [0.25, 0.3) is 0 Å². The molecule has 0 aliphatic heterocycles. The summed E-state index contributed by atoms with van der Waals surface area (Å²) in [6, 6.07) is 0. The molecule has 0 aromatic carbocycles. The Kier molecular flexibility index (Phi) is 37.3. The van der Waals surface area contributed by atoms with E-state index in [-0.39, 0.29) is 19.2 Å². The van der Waals surface area contributed by atoms with E-state index in [2.05, 4.69) is 6.92 Å². The minimum Gasteiger partial charge on any atom is -0.463 e. The summed E-state index contributed by atoms with van der Waals surface area (Å²) in [7, 11) is 0. The molecule has 42 heavy (non-hydrogen) atoms. The van der Waals surface area contributed by atoms with E-state index in [1.807, 2.05) is 0 Å². The number of hydrogen-bond acceptors (Lipinski definition) is 12. The van der Waals surface area contributed by atoms with Gasteiger partial charge >= 0.3 is 5.97 Å². The van der Waals surface area contributed by atoms with Crippen LogP contribution in [0.15, 0.2) is 0 Å². The highest BCUT2D eigenvalue weighted by Crippen LogP contribution is 2.08. The zero-order chi connectivity index (χ0) is 30.4. The van der Waals surface area contributed by atoms with Gasteiger partial charge in [-0.25, -0.2) is 0 Å². The molecule has 12 nitrogen and oxygen atoms in total. The highest BCUT2D eigenvalue weighted by Gasteiger charge is 2.02. The third-order valence-electron chi connectivity index (χ3n) is 5.69. The first kappa shape index (κ1) is 41.1. The molecule has 0 amide bonds. The molecule has 0 fully saturated rings. The number of carbonyl (C=O) groups excluding carboxylic acids is 1. The monoisotopic (exact) mass is 612 g/mol. The van der Waals surface area contributed by atoms with Gasteiger partial charge in [0.1, 0.15) is 6.61 Å². The van der Waals surface area contributed by atoms with E-state index in [1.54, 1.807) is 0 Å². The second-order valence-corrected chi connectivity index (χ2v) is 9.33. The Bertz CT molecular complexity index is 513. The van der Waals surface area contributed by atoms with Gasteiger partial charge in [0, 0.05) is 6.42 Å². The van der Waals surface area contributed by atoms with Crippen LogP contribution in [0.1, 0.15) is 58.3 Å². The Morgan fingerprint density at radius 1 is 0.405 bits per heavy atom. The highest BCUT2D eigenvalue weighted by atomic mass is 16.6. The van der Waals surface area contributed by atoms with Crippen molar-refractivity contribution in [2.45, 2.75) is 58.3 Å². The lowest BCUT2D eigenvalue weighted by atomic mass is 10.1. The fourth-order valence-corrected chi connectivity index (χ4v) is 3.44. The maximum atomic E-state index is 11.7. The number of aliphatic hydroxyl groups excluding tert-OH is 1. The minimum absolute atomic E-state index is 0.0248. The lowest BCUT2D eigenvalue weighted by molar-refractivity contribution is -0.145. The van der Waals surface area contributed by atoms with Crippen LogP contribution in [0.5, 0.6) is 0 Å². The number of aliphatic hydroxyl groups is 1. The second-order valence-electron chi connectivity index (χ2n) is 9.33. The van der Waals surface area contributed by atoms with Crippen LogP contribution in [0, 0.1) is 0 Å². The second kappa shape index (κ2) is 38.1. The van der Waals surface area contributed by atoms with Crippen LogP contribution in [-0.4, -0.2) is 143 Å². The molecule has 0 rings (SSSR count). The van der Waals surface area contributed by atoms with Crippen molar-refractivity contribution >= 4 is 5.97 Å². The first-order valence-corrected chi connectivity index (χ1v) is 15.8. The van der Waals surface area contributed by atoms with Crippen LogP contribution in [-0.2, 0) is 52.2 Å². The van der Waals surface area contributed by atoms with E-state index >= 15 is 0 Å². The molecule has 252 valence electrons. The van der Waals surface area contributed by atoms with Gasteiger partial charge in [-0.1, -0.05) is 45.4 Å². The molecule has 0 saturated heterocycles. The van der Waals surface area contributed by atoms with Crippen molar-refractivity contribution in [3.05, 3.63) is 0 Å². The van der Waals surface area contributed by atoms with Crippen molar-refractivity contribution in [2.24, 2.45) is 0 Å². The summed E-state index contributed by atoms with van der Waals surface area (Å²) in [6.07, 6.45) is 8.80. The lowest BCUT2D eigenvalue weighted by Crippen LogP contribution is -2.15. The van der Waals surface area contributed by atoms with Crippen LogP contribution in [0.2, 0.25) is 0 Å². The standard InChI is InChI=1S/C30H60O12/c1-2-3-4-5-6-7-8-9-30(32)42-29-28-41-27-26-40-25-24-39-23-22-38-21-20-37-19-18-36-17-16-35-15-14-34-13-12-33-11-10-31/h31H,2-29H2,1H3. The summed E-state index contributed by atoms with van der Waals surface area (Å²) in [5, 5.41) is 8.57. The van der Waals surface area contributed by atoms with Crippen LogP contribution in [0.4, 0.5) is 0 Å². The first-order valence-electron chi connectivity index (χ1n) is 15.8. The molecule has 0 aromatic heterocycles. The van der Waals surface area contributed by atoms with Gasteiger partial charge in [0.05, 0.1) is 126 Å². The first-order chi connectivity index (χ1) is 20.8. The van der Waals surface area contributed by atoms with Crippen molar-refractivity contribution in [2.75, 3.05) is 132 Å². The Morgan fingerprint density at radius 2 is 0.690 bits per heavy atom. The summed E-state index contributed by atoms with van der Waals surface area (Å²) < 4.78 is 53.6. The van der Waals surface area contributed by atoms with Gasteiger partial charge in [-0.15, -0.1) is 0 Å². The number of rotatable bonds is 37. The quantitative estimate of drug-likeness (QED) is 0.0818. The Labute approximate surface area is 253 Å². The molecular weight excluding hydrogens is 552 g/mol. The highest BCUT2D eigenvalue weighted by molar-refractivity contribution is 5.69. The molecule has 0 aromatic rings. The number of carbonyl (C=O) groups is 1. The van der Waals surface area contributed by atoms with Gasteiger partial charge in [0.2, 0.25) is 0 Å². The van der Waals surface area contributed by atoms with Gasteiger partial charge in [0.15, 0.2) is 0 Å². The maximum Gasteiger partial charge on any atom is 0.305 e. The van der Waals surface area contributed by atoms with Crippen LogP contribution >= 0.6 is 0 Å². The van der Waals surface area contributed by atoms with Crippen molar-refractivity contribution in [3.8, 4) is 0 Å². The van der Waals surface area contributed by atoms with E-state index < -0.39 is 0 Å². The summed E-state index contributed by atoms with van der Waals surface area (Å²) in [5.74, 6) is -0.141. The van der Waals surface area contributed by atoms with Gasteiger partial charge in [-0.3, -0.25) is 4.79 Å². The maximum absolute atomic E-state index is 11.7. The topological polar surface area (TPSA) is 130 Å². The Balaban J connectivity index is 3.09. The Hall–Kier alpha value is -0.930. The van der Waals surface area contributed by atoms with Crippen LogP contribution < -0.4 is 0 Å². The summed E-state index contributed by atoms with van der Waals surface area (Å²) in [6.45, 7) is 11.1. The predicted molar refractivity (Wildman–Crippen MR) is 158 cm³/mol. The van der Waals surface area contributed by atoms with E-state index in [4.69, 9.17) is 52.5 Å². The molecule has 0 atom stereocenters. The third-order valence-corrected chi connectivity index (χ3v) is 5.69. The van der Waals surface area contributed by atoms with Crippen molar-refractivity contribution in [1.82, 2.24) is 0 Å².